The highest BCUT2D eigenvalue weighted by atomic mass is 19.1. The lowest BCUT2D eigenvalue weighted by Crippen LogP contribution is -1.97. The van der Waals surface area contributed by atoms with Crippen molar-refractivity contribution in [2.75, 3.05) is 7.11 Å². The molecule has 0 saturated heterocycles. The van der Waals surface area contributed by atoms with Gasteiger partial charge < -0.3 is 4.74 Å². The summed E-state index contributed by atoms with van der Waals surface area (Å²) in [6, 6.07) is 5.78. The van der Waals surface area contributed by atoms with Crippen LogP contribution in [0.15, 0.2) is 24.0 Å². The summed E-state index contributed by atoms with van der Waals surface area (Å²) in [6.45, 7) is 0. The predicted octanol–water partition coefficient (Wildman–Crippen LogP) is 2.95. The van der Waals surface area contributed by atoms with Crippen LogP contribution < -0.4 is 4.74 Å². The first kappa shape index (κ1) is 8.30. The summed E-state index contributed by atoms with van der Waals surface area (Å²) in [6.07, 6.45) is 2.91. The third-order valence-corrected chi connectivity index (χ3v) is 2.30. The topological polar surface area (TPSA) is 9.23 Å². The van der Waals surface area contributed by atoms with Gasteiger partial charge >= 0.3 is 0 Å². The molecule has 0 aromatic heterocycles. The van der Waals surface area contributed by atoms with Gasteiger partial charge in [-0.25, -0.2) is 4.39 Å². The minimum Gasteiger partial charge on any atom is -0.497 e. The fourth-order valence-corrected chi connectivity index (χ4v) is 1.56. The molecule has 1 aliphatic rings. The van der Waals surface area contributed by atoms with Gasteiger partial charge in [-0.2, -0.15) is 0 Å². The molecule has 0 N–H and O–H groups in total. The first-order chi connectivity index (χ1) is 6.29. The Morgan fingerprint density at radius 1 is 1.31 bits per heavy atom. The van der Waals surface area contributed by atoms with Crippen LogP contribution in [0.4, 0.5) is 4.39 Å². The van der Waals surface area contributed by atoms with Gasteiger partial charge in [-0.1, -0.05) is 6.07 Å². The molecule has 2 rings (SSSR count). The molecule has 1 aliphatic carbocycles. The van der Waals surface area contributed by atoms with Crippen LogP contribution in [0, 0.1) is 0 Å². The van der Waals surface area contributed by atoms with Gasteiger partial charge in [0, 0.05) is 6.42 Å². The van der Waals surface area contributed by atoms with E-state index >= 15 is 0 Å². The number of hydrogen-bond donors (Lipinski definition) is 0. The van der Waals surface area contributed by atoms with Gasteiger partial charge in [-0.15, -0.1) is 0 Å². The molecule has 0 saturated carbocycles. The average molecular weight is 178 g/mol. The van der Waals surface area contributed by atoms with Crippen LogP contribution in [0.3, 0.4) is 0 Å². The first-order valence-electron chi connectivity index (χ1n) is 4.32. The van der Waals surface area contributed by atoms with Crippen LogP contribution in [0.5, 0.6) is 5.75 Å². The molecule has 0 aliphatic heterocycles. The number of methoxy groups -OCH3 is 1. The summed E-state index contributed by atoms with van der Waals surface area (Å²) in [7, 11) is 1.62. The Bertz CT molecular complexity index is 355. The highest BCUT2D eigenvalue weighted by molar-refractivity contribution is 5.60. The van der Waals surface area contributed by atoms with Crippen LogP contribution in [-0.4, -0.2) is 7.11 Å². The number of hydrogen-bond acceptors (Lipinski definition) is 1. The van der Waals surface area contributed by atoms with Crippen LogP contribution in [0.2, 0.25) is 0 Å². The van der Waals surface area contributed by atoms with Crippen molar-refractivity contribution in [1.82, 2.24) is 0 Å². The van der Waals surface area contributed by atoms with Crippen molar-refractivity contribution in [3.63, 3.8) is 0 Å². The molecule has 0 amide bonds. The van der Waals surface area contributed by atoms with E-state index in [1.807, 2.05) is 18.2 Å². The molecule has 0 unspecified atom stereocenters. The van der Waals surface area contributed by atoms with Crippen LogP contribution >= 0.6 is 0 Å². The summed E-state index contributed by atoms with van der Waals surface area (Å²) in [5.74, 6) is 0.741. The highest BCUT2D eigenvalue weighted by Gasteiger charge is 2.10. The molecule has 1 nitrogen and oxygen atoms in total. The van der Waals surface area contributed by atoms with E-state index in [1.54, 1.807) is 13.2 Å². The first-order valence-corrected chi connectivity index (χ1v) is 4.32. The van der Waals surface area contributed by atoms with Gasteiger partial charge in [0.1, 0.15) is 11.6 Å². The van der Waals surface area contributed by atoms with Gasteiger partial charge in [0.25, 0.3) is 0 Å². The van der Waals surface area contributed by atoms with Gasteiger partial charge in [0.05, 0.1) is 7.11 Å². The number of fused-ring (bicyclic) bond motifs is 1. The van der Waals surface area contributed by atoms with E-state index in [4.69, 9.17) is 4.74 Å². The summed E-state index contributed by atoms with van der Waals surface area (Å²) in [4.78, 5) is 0. The van der Waals surface area contributed by atoms with Gasteiger partial charge in [-0.3, -0.25) is 0 Å². The minimum atomic E-state index is -0.0410. The van der Waals surface area contributed by atoms with E-state index in [0.717, 1.165) is 17.7 Å². The van der Waals surface area contributed by atoms with Crippen molar-refractivity contribution in [3.05, 3.63) is 35.2 Å². The molecule has 0 bridgehead atoms. The molecular formula is C11H11FO. The Hall–Kier alpha value is -1.31. The van der Waals surface area contributed by atoms with Gasteiger partial charge in [-0.05, 0) is 35.8 Å². The maximum absolute atomic E-state index is 12.9. The van der Waals surface area contributed by atoms with Gasteiger partial charge in [0.2, 0.25) is 0 Å². The lowest BCUT2D eigenvalue weighted by Gasteiger charge is -2.12. The second kappa shape index (κ2) is 3.21. The Morgan fingerprint density at radius 2 is 2.15 bits per heavy atom. The third kappa shape index (κ3) is 1.57. The van der Waals surface area contributed by atoms with Gasteiger partial charge in [0.15, 0.2) is 0 Å². The number of rotatable bonds is 1. The molecule has 68 valence electrons. The minimum absolute atomic E-state index is 0.0410. The van der Waals surface area contributed by atoms with Crippen molar-refractivity contribution < 1.29 is 9.13 Å². The molecule has 0 radical (unpaired) electrons. The van der Waals surface area contributed by atoms with Crippen molar-refractivity contribution in [2.24, 2.45) is 0 Å². The molecule has 0 spiro atoms. The SMILES string of the molecule is COc1ccc2c(c1)C=C(F)CC2. The van der Waals surface area contributed by atoms with E-state index in [1.165, 1.54) is 5.56 Å². The number of halogens is 1. The number of ether oxygens (including phenoxy) is 1. The molecule has 0 fully saturated rings. The Kier molecular flexibility index (Phi) is 2.05. The van der Waals surface area contributed by atoms with Crippen molar-refractivity contribution in [1.29, 1.82) is 0 Å². The lowest BCUT2D eigenvalue weighted by atomic mass is 9.97. The molecule has 2 heteroatoms. The normalized spacial score (nSPS) is 14.8. The maximum Gasteiger partial charge on any atom is 0.119 e. The molecule has 0 atom stereocenters. The summed E-state index contributed by atoms with van der Waals surface area (Å²) in [5.41, 5.74) is 2.14. The zero-order valence-corrected chi connectivity index (χ0v) is 7.51. The second-order valence-electron chi connectivity index (χ2n) is 3.16. The van der Waals surface area contributed by atoms with Crippen LogP contribution in [0.25, 0.3) is 6.08 Å². The fourth-order valence-electron chi connectivity index (χ4n) is 1.56. The average Bonchev–Trinajstić information content (AvgIpc) is 2.16. The van der Waals surface area contributed by atoms with E-state index in [0.29, 0.717) is 6.42 Å². The van der Waals surface area contributed by atoms with E-state index in [2.05, 4.69) is 0 Å². The zero-order chi connectivity index (χ0) is 9.26. The quantitative estimate of drug-likeness (QED) is 0.642. The van der Waals surface area contributed by atoms with E-state index in [-0.39, 0.29) is 5.83 Å². The molecule has 0 heterocycles. The molecule has 13 heavy (non-hydrogen) atoms. The summed E-state index contributed by atoms with van der Waals surface area (Å²) >= 11 is 0. The number of allylic oxidation sites excluding steroid dienone is 1. The molecular weight excluding hydrogens is 167 g/mol. The van der Waals surface area contributed by atoms with Crippen molar-refractivity contribution in [3.8, 4) is 5.75 Å². The van der Waals surface area contributed by atoms with Crippen LogP contribution in [0.1, 0.15) is 17.5 Å². The van der Waals surface area contributed by atoms with E-state index in [9.17, 15) is 4.39 Å². The smallest absolute Gasteiger partial charge is 0.119 e. The summed E-state index contributed by atoms with van der Waals surface area (Å²) < 4.78 is 18.0. The summed E-state index contributed by atoms with van der Waals surface area (Å²) in [5, 5.41) is 0. The largest absolute Gasteiger partial charge is 0.497 e. The maximum atomic E-state index is 12.9. The number of benzene rings is 1. The Balaban J connectivity index is 2.45. The third-order valence-electron chi connectivity index (χ3n) is 2.30. The van der Waals surface area contributed by atoms with Crippen LogP contribution in [-0.2, 0) is 6.42 Å². The fraction of sp³-hybridized carbons (Fsp3) is 0.273. The zero-order valence-electron chi connectivity index (χ0n) is 7.51. The monoisotopic (exact) mass is 178 g/mol. The van der Waals surface area contributed by atoms with Crippen molar-refractivity contribution in [2.45, 2.75) is 12.8 Å². The molecule has 1 aromatic rings. The Morgan fingerprint density at radius 3 is 2.92 bits per heavy atom. The molecule has 1 aromatic carbocycles. The van der Waals surface area contributed by atoms with E-state index < -0.39 is 0 Å². The Labute approximate surface area is 76.8 Å². The predicted molar refractivity (Wildman–Crippen MR) is 50.4 cm³/mol. The highest BCUT2D eigenvalue weighted by Crippen LogP contribution is 2.27. The lowest BCUT2D eigenvalue weighted by molar-refractivity contribution is 0.414. The second-order valence-corrected chi connectivity index (χ2v) is 3.16. The standard InChI is InChI=1S/C11H11FO/c1-13-11-5-3-8-2-4-10(12)6-9(8)7-11/h3,5-7H,2,4H2,1H3. The number of aryl methyl sites for hydroxylation is 1. The van der Waals surface area contributed by atoms with Crippen molar-refractivity contribution >= 4 is 6.08 Å².